The van der Waals surface area contributed by atoms with E-state index in [1.807, 2.05) is 0 Å². The van der Waals surface area contributed by atoms with Crippen LogP contribution in [0.3, 0.4) is 0 Å². The van der Waals surface area contributed by atoms with Gasteiger partial charge in [-0.05, 0) is 74.2 Å². The number of fused-ring (bicyclic) bond motifs is 5. The summed E-state index contributed by atoms with van der Waals surface area (Å²) in [5.41, 5.74) is 0.643. The number of hydrogen-bond donors (Lipinski definition) is 0. The Kier molecular flexibility index (Phi) is 4.40. The molecule has 4 aliphatic rings. The van der Waals surface area contributed by atoms with Crippen LogP contribution in [0, 0.1) is 34.5 Å². The van der Waals surface area contributed by atoms with Crippen LogP contribution < -0.4 is 0 Å². The van der Waals surface area contributed by atoms with Crippen LogP contribution in [0.2, 0.25) is 0 Å². The highest BCUT2D eigenvalue weighted by atomic mass is 16.5. The molecule has 0 unspecified atom stereocenters. The average molecular weight is 373 g/mol. The summed E-state index contributed by atoms with van der Waals surface area (Å²) < 4.78 is 5.50. The van der Waals surface area contributed by atoms with Crippen molar-refractivity contribution in [3.05, 3.63) is 11.6 Å². The third-order valence-corrected chi connectivity index (χ3v) is 8.60. The Labute approximate surface area is 162 Å². The van der Waals surface area contributed by atoms with Crippen molar-refractivity contribution in [1.82, 2.24) is 0 Å². The summed E-state index contributed by atoms with van der Waals surface area (Å²) in [5, 5.41) is 0. The van der Waals surface area contributed by atoms with Crippen molar-refractivity contribution in [2.45, 2.75) is 78.7 Å². The number of carbonyl (C=O) groups is 3. The maximum Gasteiger partial charge on any atom is 0.302 e. The summed E-state index contributed by atoms with van der Waals surface area (Å²) in [6, 6.07) is 0. The van der Waals surface area contributed by atoms with Crippen molar-refractivity contribution in [3.63, 3.8) is 0 Å². The smallest absolute Gasteiger partial charge is 0.302 e. The molecule has 0 aliphatic heterocycles. The molecule has 4 heteroatoms. The Hall–Kier alpha value is -1.45. The van der Waals surface area contributed by atoms with E-state index in [1.54, 1.807) is 6.92 Å². The van der Waals surface area contributed by atoms with Crippen LogP contribution in [0.5, 0.6) is 0 Å². The standard InChI is InChI=1S/C23H32O4/c1-13(24)18-7-8-19-17-6-5-15-11-16(27-14(2)25)9-10-22(15,3)21(17)20(26)12-23(18,19)4/h7,15-17,19,21H,5-6,8-12H2,1-4H3/t15-,16+,17+,19+,21-,22-,23+/m0/s1. The molecule has 0 aromatic carbocycles. The van der Waals surface area contributed by atoms with Gasteiger partial charge >= 0.3 is 5.97 Å². The quantitative estimate of drug-likeness (QED) is 0.679. The lowest BCUT2D eigenvalue weighted by atomic mass is 9.44. The first-order valence-electron chi connectivity index (χ1n) is 10.6. The van der Waals surface area contributed by atoms with Gasteiger partial charge in [0.2, 0.25) is 0 Å². The molecule has 4 nitrogen and oxygen atoms in total. The van der Waals surface area contributed by atoms with Gasteiger partial charge < -0.3 is 4.74 Å². The summed E-state index contributed by atoms with van der Waals surface area (Å²) in [6.07, 6.45) is 8.46. The summed E-state index contributed by atoms with van der Waals surface area (Å²) in [5.74, 6) is 1.66. The lowest BCUT2D eigenvalue weighted by Crippen LogP contribution is -2.57. The molecule has 4 aliphatic carbocycles. The molecular formula is C23H32O4. The second-order valence-corrected chi connectivity index (χ2v) is 10.0. The van der Waals surface area contributed by atoms with Crippen LogP contribution in [-0.4, -0.2) is 23.6 Å². The van der Waals surface area contributed by atoms with E-state index in [0.29, 0.717) is 30.0 Å². The first-order valence-corrected chi connectivity index (χ1v) is 10.6. The summed E-state index contributed by atoms with van der Waals surface area (Å²) in [7, 11) is 0. The molecule has 7 atom stereocenters. The van der Waals surface area contributed by atoms with E-state index in [9.17, 15) is 14.4 Å². The highest BCUT2D eigenvalue weighted by Gasteiger charge is 2.62. The average Bonchev–Trinajstić information content (AvgIpc) is 2.91. The Morgan fingerprint density at radius 1 is 1.15 bits per heavy atom. The maximum absolute atomic E-state index is 13.4. The molecule has 0 bridgehead atoms. The van der Waals surface area contributed by atoms with Crippen molar-refractivity contribution >= 4 is 17.5 Å². The molecule has 3 saturated carbocycles. The zero-order valence-corrected chi connectivity index (χ0v) is 17.0. The molecule has 0 spiro atoms. The van der Waals surface area contributed by atoms with E-state index in [1.165, 1.54) is 6.92 Å². The van der Waals surface area contributed by atoms with E-state index in [2.05, 4.69) is 19.9 Å². The first-order chi connectivity index (χ1) is 12.7. The van der Waals surface area contributed by atoms with Gasteiger partial charge in [0, 0.05) is 24.7 Å². The number of Topliss-reactive ketones (excluding diaryl/α,β-unsaturated/α-hetero) is 2. The monoisotopic (exact) mass is 372 g/mol. The molecule has 0 amide bonds. The molecule has 0 aromatic heterocycles. The zero-order chi connectivity index (χ0) is 19.6. The van der Waals surface area contributed by atoms with Crippen molar-refractivity contribution < 1.29 is 19.1 Å². The second-order valence-electron chi connectivity index (χ2n) is 10.0. The fraction of sp³-hybridized carbons (Fsp3) is 0.783. The van der Waals surface area contributed by atoms with Gasteiger partial charge in [-0.1, -0.05) is 19.9 Å². The van der Waals surface area contributed by atoms with Crippen LogP contribution in [0.15, 0.2) is 11.6 Å². The Morgan fingerprint density at radius 3 is 2.56 bits per heavy atom. The van der Waals surface area contributed by atoms with Crippen molar-refractivity contribution in [2.75, 3.05) is 0 Å². The number of esters is 1. The number of allylic oxidation sites excluding steroid dienone is 2. The van der Waals surface area contributed by atoms with Crippen LogP contribution in [-0.2, 0) is 19.1 Å². The molecule has 0 N–H and O–H groups in total. The fourth-order valence-electron chi connectivity index (χ4n) is 7.50. The maximum atomic E-state index is 13.4. The minimum atomic E-state index is -0.262. The third-order valence-electron chi connectivity index (χ3n) is 8.60. The van der Waals surface area contributed by atoms with Gasteiger partial charge in [-0.3, -0.25) is 14.4 Å². The number of rotatable bonds is 2. The predicted molar refractivity (Wildman–Crippen MR) is 102 cm³/mol. The normalized spacial score (nSPS) is 46.0. The molecule has 0 heterocycles. The summed E-state index contributed by atoms with van der Waals surface area (Å²) in [4.78, 5) is 37.0. The lowest BCUT2D eigenvalue weighted by Gasteiger charge is -2.59. The Balaban J connectivity index is 1.60. The SMILES string of the molecule is CC(=O)O[C@@H]1CC[C@@]2(C)[C@@H](CC[C@H]3[C@H]2C(=O)C[C@]2(C)C(C(C)=O)=CC[C@H]32)C1. The van der Waals surface area contributed by atoms with Gasteiger partial charge in [-0.25, -0.2) is 0 Å². The summed E-state index contributed by atoms with van der Waals surface area (Å²) in [6.45, 7) is 7.59. The van der Waals surface area contributed by atoms with Gasteiger partial charge in [0.15, 0.2) is 5.78 Å². The summed E-state index contributed by atoms with van der Waals surface area (Å²) >= 11 is 0. The number of ether oxygens (including phenoxy) is 1. The third kappa shape index (κ3) is 2.74. The molecule has 0 aromatic rings. The van der Waals surface area contributed by atoms with Crippen LogP contribution in [0.4, 0.5) is 0 Å². The van der Waals surface area contributed by atoms with Crippen molar-refractivity contribution in [2.24, 2.45) is 34.5 Å². The van der Waals surface area contributed by atoms with Gasteiger partial charge in [0.05, 0.1) is 0 Å². The lowest BCUT2D eigenvalue weighted by molar-refractivity contribution is -0.166. The molecule has 3 fully saturated rings. The fourth-order valence-corrected chi connectivity index (χ4v) is 7.50. The van der Waals surface area contributed by atoms with E-state index >= 15 is 0 Å². The highest BCUT2D eigenvalue weighted by Crippen LogP contribution is 2.65. The van der Waals surface area contributed by atoms with Crippen LogP contribution in [0.25, 0.3) is 0 Å². The van der Waals surface area contributed by atoms with E-state index in [-0.39, 0.29) is 34.6 Å². The van der Waals surface area contributed by atoms with E-state index in [4.69, 9.17) is 4.74 Å². The molecule has 4 rings (SSSR count). The van der Waals surface area contributed by atoms with Gasteiger partial charge in [0.1, 0.15) is 11.9 Å². The topological polar surface area (TPSA) is 60.4 Å². The van der Waals surface area contributed by atoms with Crippen LogP contribution in [0.1, 0.15) is 72.6 Å². The molecule has 27 heavy (non-hydrogen) atoms. The number of carbonyl (C=O) groups excluding carboxylic acids is 3. The number of hydrogen-bond acceptors (Lipinski definition) is 4. The molecule has 0 radical (unpaired) electrons. The first kappa shape index (κ1) is 18.9. The number of ketones is 2. The molecule has 148 valence electrons. The van der Waals surface area contributed by atoms with E-state index < -0.39 is 0 Å². The highest BCUT2D eigenvalue weighted by molar-refractivity contribution is 5.97. The largest absolute Gasteiger partial charge is 0.463 e. The van der Waals surface area contributed by atoms with Gasteiger partial charge in [-0.15, -0.1) is 0 Å². The van der Waals surface area contributed by atoms with Gasteiger partial charge in [-0.2, -0.15) is 0 Å². The minimum absolute atomic E-state index is 0.0109. The van der Waals surface area contributed by atoms with E-state index in [0.717, 1.165) is 44.1 Å². The van der Waals surface area contributed by atoms with Crippen molar-refractivity contribution in [3.8, 4) is 0 Å². The predicted octanol–water partition coefficient (Wildman–Crippen LogP) is 4.27. The molecular weight excluding hydrogens is 340 g/mol. The minimum Gasteiger partial charge on any atom is -0.463 e. The Morgan fingerprint density at radius 2 is 1.89 bits per heavy atom. The van der Waals surface area contributed by atoms with Gasteiger partial charge in [0.25, 0.3) is 0 Å². The van der Waals surface area contributed by atoms with Crippen molar-refractivity contribution in [1.29, 1.82) is 0 Å². The van der Waals surface area contributed by atoms with Crippen LogP contribution >= 0.6 is 0 Å². The Bertz CT molecular complexity index is 722. The zero-order valence-electron chi connectivity index (χ0n) is 17.0. The molecule has 0 saturated heterocycles. The second kappa shape index (κ2) is 6.28.